The van der Waals surface area contributed by atoms with Crippen LogP contribution in [0.15, 0.2) is 47.8 Å². The Labute approximate surface area is 158 Å². The van der Waals surface area contributed by atoms with Crippen molar-refractivity contribution in [3.63, 3.8) is 0 Å². The second-order valence-electron chi connectivity index (χ2n) is 6.45. The molecule has 0 unspecified atom stereocenters. The van der Waals surface area contributed by atoms with Crippen molar-refractivity contribution >= 4 is 11.3 Å². The van der Waals surface area contributed by atoms with Gasteiger partial charge in [-0.15, -0.1) is 11.3 Å². The van der Waals surface area contributed by atoms with E-state index in [1.165, 1.54) is 16.7 Å². The van der Waals surface area contributed by atoms with Crippen molar-refractivity contribution in [2.75, 3.05) is 20.8 Å². The second-order valence-corrected chi connectivity index (χ2v) is 7.30. The van der Waals surface area contributed by atoms with E-state index >= 15 is 0 Å². The predicted octanol–water partition coefficient (Wildman–Crippen LogP) is 4.39. The molecule has 5 heteroatoms. The van der Waals surface area contributed by atoms with Crippen LogP contribution < -0.4 is 9.47 Å². The molecule has 0 saturated carbocycles. The van der Waals surface area contributed by atoms with Gasteiger partial charge in [-0.1, -0.05) is 30.3 Å². The molecule has 0 spiro atoms. The highest BCUT2D eigenvalue weighted by Crippen LogP contribution is 2.33. The van der Waals surface area contributed by atoms with Crippen molar-refractivity contribution in [3.05, 3.63) is 64.7 Å². The lowest BCUT2D eigenvalue weighted by Crippen LogP contribution is -2.30. The van der Waals surface area contributed by atoms with Crippen LogP contribution in [-0.4, -0.2) is 30.6 Å². The minimum Gasteiger partial charge on any atom is -0.493 e. The highest BCUT2D eigenvalue weighted by Gasteiger charge is 2.20. The first kappa shape index (κ1) is 17.1. The molecule has 1 aromatic heterocycles. The normalized spacial score (nSPS) is 14.1. The fourth-order valence-corrected chi connectivity index (χ4v) is 4.22. The number of thiazole rings is 1. The molecule has 4 rings (SSSR count). The van der Waals surface area contributed by atoms with Crippen molar-refractivity contribution in [3.8, 4) is 22.1 Å². The molecule has 134 valence electrons. The Morgan fingerprint density at radius 3 is 2.50 bits per heavy atom. The quantitative estimate of drug-likeness (QED) is 0.671. The lowest BCUT2D eigenvalue weighted by Gasteiger charge is -2.29. The molecule has 1 aliphatic rings. The maximum atomic E-state index is 5.45. The van der Waals surface area contributed by atoms with Crippen molar-refractivity contribution < 1.29 is 9.47 Å². The zero-order valence-corrected chi connectivity index (χ0v) is 15.9. The molecule has 0 aliphatic carbocycles. The average Bonchev–Trinajstić information content (AvgIpc) is 3.16. The van der Waals surface area contributed by atoms with E-state index in [0.717, 1.165) is 48.3 Å². The summed E-state index contributed by atoms with van der Waals surface area (Å²) in [6.07, 6.45) is 1.02. The summed E-state index contributed by atoms with van der Waals surface area (Å²) in [4.78, 5) is 7.27. The van der Waals surface area contributed by atoms with E-state index in [-0.39, 0.29) is 0 Å². The van der Waals surface area contributed by atoms with Gasteiger partial charge in [0.1, 0.15) is 5.01 Å². The Balaban J connectivity index is 1.49. The summed E-state index contributed by atoms with van der Waals surface area (Å²) in [6.45, 7) is 2.81. The number of aromatic nitrogens is 1. The molecule has 0 bridgehead atoms. The van der Waals surface area contributed by atoms with E-state index in [9.17, 15) is 0 Å². The first-order valence-electron chi connectivity index (χ1n) is 8.73. The molecule has 4 nitrogen and oxygen atoms in total. The summed E-state index contributed by atoms with van der Waals surface area (Å²) in [6, 6.07) is 14.6. The van der Waals surface area contributed by atoms with Crippen LogP contribution in [0.4, 0.5) is 0 Å². The third-order valence-electron chi connectivity index (χ3n) is 4.76. The monoisotopic (exact) mass is 366 g/mol. The zero-order chi connectivity index (χ0) is 17.9. The van der Waals surface area contributed by atoms with Gasteiger partial charge in [-0.2, -0.15) is 0 Å². The molecule has 0 amide bonds. The smallest absolute Gasteiger partial charge is 0.161 e. The maximum Gasteiger partial charge on any atom is 0.161 e. The molecule has 2 heterocycles. The number of hydrogen-bond donors (Lipinski definition) is 0. The summed E-state index contributed by atoms with van der Waals surface area (Å²) in [5.41, 5.74) is 4.98. The number of benzene rings is 2. The third kappa shape index (κ3) is 3.45. The number of nitrogens with zero attached hydrogens (tertiary/aromatic N) is 2. The summed E-state index contributed by atoms with van der Waals surface area (Å²) in [7, 11) is 3.37. The highest BCUT2D eigenvalue weighted by atomic mass is 32.1. The summed E-state index contributed by atoms with van der Waals surface area (Å²) >= 11 is 1.71. The van der Waals surface area contributed by atoms with Crippen molar-refractivity contribution in [1.82, 2.24) is 9.88 Å². The van der Waals surface area contributed by atoms with Crippen LogP contribution in [0, 0.1) is 0 Å². The van der Waals surface area contributed by atoms with Crippen LogP contribution >= 0.6 is 11.3 Å². The molecule has 1 aliphatic heterocycles. The van der Waals surface area contributed by atoms with E-state index < -0.39 is 0 Å². The van der Waals surface area contributed by atoms with Crippen LogP contribution in [0.3, 0.4) is 0 Å². The van der Waals surface area contributed by atoms with Gasteiger partial charge in [0.25, 0.3) is 0 Å². The lowest BCUT2D eigenvalue weighted by molar-refractivity contribution is 0.242. The standard InChI is InChI=1S/C21H22N2O2S/c1-24-19-10-16-8-9-23(12-17(16)11-20(19)25-2)13-18-14-26-21(22-18)15-6-4-3-5-7-15/h3-7,10-11,14H,8-9,12-13H2,1-2H3. The van der Waals surface area contributed by atoms with E-state index in [1.54, 1.807) is 25.6 Å². The fourth-order valence-electron chi connectivity index (χ4n) is 3.40. The summed E-state index contributed by atoms with van der Waals surface area (Å²) in [5, 5.41) is 3.26. The van der Waals surface area contributed by atoms with Crippen LogP contribution in [0.2, 0.25) is 0 Å². The number of fused-ring (bicyclic) bond motifs is 1. The third-order valence-corrected chi connectivity index (χ3v) is 5.70. The Bertz CT molecular complexity index is 892. The van der Waals surface area contributed by atoms with Gasteiger partial charge in [0.15, 0.2) is 11.5 Å². The first-order chi connectivity index (χ1) is 12.8. The van der Waals surface area contributed by atoms with Gasteiger partial charge >= 0.3 is 0 Å². The molecule has 26 heavy (non-hydrogen) atoms. The molecule has 2 aromatic carbocycles. The van der Waals surface area contributed by atoms with E-state index in [2.05, 4.69) is 46.7 Å². The van der Waals surface area contributed by atoms with Gasteiger partial charge in [-0.3, -0.25) is 4.90 Å². The molecular formula is C21H22N2O2S. The second kappa shape index (κ2) is 7.48. The van der Waals surface area contributed by atoms with Crippen LogP contribution in [0.25, 0.3) is 10.6 Å². The van der Waals surface area contributed by atoms with Gasteiger partial charge in [-0.25, -0.2) is 4.98 Å². The zero-order valence-electron chi connectivity index (χ0n) is 15.1. The van der Waals surface area contributed by atoms with E-state index in [1.807, 2.05) is 6.07 Å². The molecule has 3 aromatic rings. The molecule has 0 fully saturated rings. The van der Waals surface area contributed by atoms with Gasteiger partial charge in [0.05, 0.1) is 19.9 Å². The largest absolute Gasteiger partial charge is 0.493 e. The Morgan fingerprint density at radius 2 is 1.77 bits per heavy atom. The van der Waals surface area contributed by atoms with Crippen molar-refractivity contribution in [1.29, 1.82) is 0 Å². The number of methoxy groups -OCH3 is 2. The van der Waals surface area contributed by atoms with Gasteiger partial charge < -0.3 is 9.47 Å². The van der Waals surface area contributed by atoms with Gasteiger partial charge in [-0.05, 0) is 29.7 Å². The predicted molar refractivity (Wildman–Crippen MR) is 105 cm³/mol. The lowest BCUT2D eigenvalue weighted by atomic mass is 9.98. The van der Waals surface area contributed by atoms with E-state index in [4.69, 9.17) is 14.5 Å². The molecule has 0 radical (unpaired) electrons. The van der Waals surface area contributed by atoms with Gasteiger partial charge in [0, 0.05) is 30.6 Å². The van der Waals surface area contributed by atoms with Crippen LogP contribution in [0.1, 0.15) is 16.8 Å². The fraction of sp³-hybridized carbons (Fsp3) is 0.286. The minimum absolute atomic E-state index is 0.799. The Morgan fingerprint density at radius 1 is 1.04 bits per heavy atom. The number of rotatable bonds is 5. The minimum atomic E-state index is 0.799. The molecule has 0 N–H and O–H groups in total. The summed E-state index contributed by atoms with van der Waals surface area (Å²) in [5.74, 6) is 1.61. The molecule has 0 saturated heterocycles. The Kier molecular flexibility index (Phi) is 4.91. The summed E-state index contributed by atoms with van der Waals surface area (Å²) < 4.78 is 10.9. The van der Waals surface area contributed by atoms with Crippen LogP contribution in [-0.2, 0) is 19.5 Å². The van der Waals surface area contributed by atoms with Crippen LogP contribution in [0.5, 0.6) is 11.5 Å². The topological polar surface area (TPSA) is 34.6 Å². The van der Waals surface area contributed by atoms with Crippen molar-refractivity contribution in [2.24, 2.45) is 0 Å². The molecule has 0 atom stereocenters. The van der Waals surface area contributed by atoms with Gasteiger partial charge in [0.2, 0.25) is 0 Å². The SMILES string of the molecule is COc1cc2c(cc1OC)CN(Cc1csc(-c3ccccc3)n1)CC2. The highest BCUT2D eigenvalue weighted by molar-refractivity contribution is 7.13. The number of hydrogen-bond acceptors (Lipinski definition) is 5. The van der Waals surface area contributed by atoms with E-state index in [0.29, 0.717) is 0 Å². The molecular weight excluding hydrogens is 344 g/mol. The maximum absolute atomic E-state index is 5.45. The average molecular weight is 366 g/mol. The first-order valence-corrected chi connectivity index (χ1v) is 9.60. The Hall–Kier alpha value is -2.37. The number of ether oxygens (including phenoxy) is 2. The van der Waals surface area contributed by atoms with Crippen molar-refractivity contribution in [2.45, 2.75) is 19.5 Å².